The Morgan fingerprint density at radius 1 is 1.24 bits per heavy atom. The molecule has 2 N–H and O–H groups in total. The summed E-state index contributed by atoms with van der Waals surface area (Å²) >= 11 is 0. The number of halogens is 1. The number of guanidine groups is 1. The molecule has 1 aromatic carbocycles. The molecule has 0 radical (unpaired) electrons. The zero-order chi connectivity index (χ0) is 22.9. The van der Waals surface area contributed by atoms with Crippen molar-refractivity contribution in [2.45, 2.75) is 32.0 Å². The van der Waals surface area contributed by atoms with Gasteiger partial charge in [-0.15, -0.1) is 24.0 Å². The average molecular weight is 572 g/mol. The number of aliphatic imine (C=N–C) groups is 1. The van der Waals surface area contributed by atoms with Gasteiger partial charge in [0.05, 0.1) is 33.1 Å². The Labute approximate surface area is 214 Å². The summed E-state index contributed by atoms with van der Waals surface area (Å²) in [6, 6.07) is 10.4. The van der Waals surface area contributed by atoms with Crippen LogP contribution in [0.4, 0.5) is 0 Å². The molecule has 1 fully saturated rings. The fourth-order valence-corrected chi connectivity index (χ4v) is 3.99. The molecular formula is C24H38IN5O3. The Kier molecular flexibility index (Phi) is 11.3. The van der Waals surface area contributed by atoms with Crippen molar-refractivity contribution >= 4 is 29.9 Å². The highest BCUT2D eigenvalue weighted by molar-refractivity contribution is 14.0. The summed E-state index contributed by atoms with van der Waals surface area (Å²) in [5, 5.41) is 7.00. The minimum Gasteiger partial charge on any atom is -0.497 e. The number of ether oxygens (including phenoxy) is 2. The number of methoxy groups -OCH3 is 2. The van der Waals surface area contributed by atoms with Crippen LogP contribution in [0.25, 0.3) is 0 Å². The van der Waals surface area contributed by atoms with E-state index in [1.165, 1.54) is 5.56 Å². The first-order chi connectivity index (χ1) is 15.5. The maximum Gasteiger partial charge on any atom is 0.191 e. The van der Waals surface area contributed by atoms with E-state index >= 15 is 0 Å². The normalized spacial score (nSPS) is 17.5. The largest absolute Gasteiger partial charge is 0.497 e. The standard InChI is InChI=1S/C24H37N5O3.HI/c1-6-25-24(26-15-22(28(2)3)23-8-7-11-32-23)27-19-9-10-29(17-19)16-18-12-20(30-4)14-21(13-18)31-5;/h7-8,11-14,19,22H,6,9-10,15-17H2,1-5H3,(H2,25,26,27);1H. The van der Waals surface area contributed by atoms with Crippen molar-refractivity contribution in [2.24, 2.45) is 4.99 Å². The molecule has 0 aliphatic carbocycles. The first-order valence-corrected chi connectivity index (χ1v) is 11.2. The van der Waals surface area contributed by atoms with E-state index in [9.17, 15) is 0 Å². The highest BCUT2D eigenvalue weighted by Crippen LogP contribution is 2.24. The Balaban J connectivity index is 0.00000385. The lowest BCUT2D eigenvalue weighted by atomic mass is 10.2. The lowest BCUT2D eigenvalue weighted by molar-refractivity contribution is 0.264. The van der Waals surface area contributed by atoms with Crippen molar-refractivity contribution < 1.29 is 13.9 Å². The summed E-state index contributed by atoms with van der Waals surface area (Å²) in [7, 11) is 7.46. The Morgan fingerprint density at radius 3 is 2.55 bits per heavy atom. The molecule has 8 nitrogen and oxygen atoms in total. The summed E-state index contributed by atoms with van der Waals surface area (Å²) in [6.45, 7) is 6.38. The predicted octanol–water partition coefficient (Wildman–Crippen LogP) is 3.35. The molecule has 9 heteroatoms. The predicted molar refractivity (Wildman–Crippen MR) is 143 cm³/mol. The number of hydrogen-bond acceptors (Lipinski definition) is 6. The van der Waals surface area contributed by atoms with Gasteiger partial charge in [-0.05, 0) is 57.3 Å². The van der Waals surface area contributed by atoms with Crippen molar-refractivity contribution in [2.75, 3.05) is 54.5 Å². The van der Waals surface area contributed by atoms with Crippen LogP contribution in [0.3, 0.4) is 0 Å². The zero-order valence-electron chi connectivity index (χ0n) is 20.3. The lowest BCUT2D eigenvalue weighted by Gasteiger charge is -2.22. The molecule has 2 unspecified atom stereocenters. The molecule has 0 amide bonds. The number of likely N-dealkylation sites (N-methyl/N-ethyl adjacent to an activating group) is 1. The quantitative estimate of drug-likeness (QED) is 0.258. The van der Waals surface area contributed by atoms with E-state index < -0.39 is 0 Å². The van der Waals surface area contributed by atoms with Crippen LogP contribution in [0.1, 0.15) is 30.7 Å². The number of nitrogens with one attached hydrogen (secondary N) is 2. The highest BCUT2D eigenvalue weighted by Gasteiger charge is 2.24. The summed E-state index contributed by atoms with van der Waals surface area (Å²) in [5.74, 6) is 3.42. The van der Waals surface area contributed by atoms with Gasteiger partial charge in [0.25, 0.3) is 0 Å². The van der Waals surface area contributed by atoms with Crippen molar-refractivity contribution in [1.29, 1.82) is 0 Å². The van der Waals surface area contributed by atoms with Crippen LogP contribution in [-0.4, -0.2) is 76.3 Å². The fourth-order valence-electron chi connectivity index (χ4n) is 3.99. The maximum atomic E-state index is 5.61. The van der Waals surface area contributed by atoms with Crippen LogP contribution in [0.15, 0.2) is 46.0 Å². The number of hydrogen-bond donors (Lipinski definition) is 2. The molecule has 0 spiro atoms. The smallest absolute Gasteiger partial charge is 0.191 e. The molecule has 0 saturated carbocycles. The second-order valence-corrected chi connectivity index (χ2v) is 8.30. The van der Waals surface area contributed by atoms with E-state index in [0.29, 0.717) is 12.6 Å². The molecule has 184 valence electrons. The van der Waals surface area contributed by atoms with Gasteiger partial charge in [-0.25, -0.2) is 0 Å². The molecule has 2 aromatic rings. The van der Waals surface area contributed by atoms with Gasteiger partial charge in [0.2, 0.25) is 0 Å². The van der Waals surface area contributed by atoms with Crippen molar-refractivity contribution in [3.05, 3.63) is 47.9 Å². The monoisotopic (exact) mass is 571 g/mol. The topological polar surface area (TPSA) is 74.5 Å². The lowest BCUT2D eigenvalue weighted by Crippen LogP contribution is -2.45. The third kappa shape index (κ3) is 8.08. The van der Waals surface area contributed by atoms with E-state index in [2.05, 4.69) is 39.5 Å². The van der Waals surface area contributed by atoms with E-state index in [1.54, 1.807) is 20.5 Å². The van der Waals surface area contributed by atoms with Crippen molar-refractivity contribution in [1.82, 2.24) is 20.4 Å². The summed E-state index contributed by atoms with van der Waals surface area (Å²) in [6.07, 6.45) is 2.78. The van der Waals surface area contributed by atoms with Gasteiger partial charge >= 0.3 is 0 Å². The Hall–Kier alpha value is -1.98. The van der Waals surface area contributed by atoms with Crippen LogP contribution in [0.2, 0.25) is 0 Å². The first kappa shape index (κ1) is 27.3. The Bertz CT molecular complexity index is 838. The van der Waals surface area contributed by atoms with Gasteiger partial charge in [0.1, 0.15) is 17.3 Å². The highest BCUT2D eigenvalue weighted by atomic mass is 127. The van der Waals surface area contributed by atoms with E-state index in [4.69, 9.17) is 18.9 Å². The number of nitrogens with zero attached hydrogens (tertiary/aromatic N) is 3. The Morgan fingerprint density at radius 2 is 1.97 bits per heavy atom. The number of likely N-dealkylation sites (tertiary alicyclic amines) is 1. The molecular weight excluding hydrogens is 533 g/mol. The van der Waals surface area contributed by atoms with Crippen LogP contribution < -0.4 is 20.1 Å². The van der Waals surface area contributed by atoms with Gasteiger partial charge in [-0.3, -0.25) is 14.8 Å². The summed E-state index contributed by atoms with van der Waals surface area (Å²) < 4.78 is 16.4. The third-order valence-corrected chi connectivity index (χ3v) is 5.69. The first-order valence-electron chi connectivity index (χ1n) is 11.2. The minimum absolute atomic E-state index is 0. The number of benzene rings is 1. The molecule has 2 heterocycles. The molecule has 1 aromatic heterocycles. The molecule has 1 aliphatic heterocycles. The van der Waals surface area contributed by atoms with Gasteiger partial charge in [-0.2, -0.15) is 0 Å². The molecule has 1 saturated heterocycles. The van der Waals surface area contributed by atoms with Gasteiger partial charge < -0.3 is 24.5 Å². The number of furan rings is 1. The summed E-state index contributed by atoms with van der Waals surface area (Å²) in [5.41, 5.74) is 1.19. The average Bonchev–Trinajstić information content (AvgIpc) is 3.46. The van der Waals surface area contributed by atoms with Crippen LogP contribution >= 0.6 is 24.0 Å². The van der Waals surface area contributed by atoms with Crippen LogP contribution in [-0.2, 0) is 6.54 Å². The number of rotatable bonds is 10. The SMILES string of the molecule is CCNC(=NCC(c1ccco1)N(C)C)NC1CCN(Cc2cc(OC)cc(OC)c2)C1.I. The van der Waals surface area contributed by atoms with Gasteiger partial charge in [0.15, 0.2) is 5.96 Å². The summed E-state index contributed by atoms with van der Waals surface area (Å²) in [4.78, 5) is 9.43. The van der Waals surface area contributed by atoms with E-state index in [1.807, 2.05) is 32.3 Å². The molecule has 1 aliphatic rings. The second kappa shape index (κ2) is 13.7. The van der Waals surface area contributed by atoms with Gasteiger partial charge in [-0.1, -0.05) is 0 Å². The van der Waals surface area contributed by atoms with Crippen LogP contribution in [0.5, 0.6) is 11.5 Å². The maximum absolute atomic E-state index is 5.61. The third-order valence-electron chi connectivity index (χ3n) is 5.69. The van der Waals surface area contributed by atoms with Crippen molar-refractivity contribution in [3.8, 4) is 11.5 Å². The molecule has 0 bridgehead atoms. The van der Waals surface area contributed by atoms with E-state index in [0.717, 1.165) is 55.8 Å². The molecule has 2 atom stereocenters. The van der Waals surface area contributed by atoms with Gasteiger partial charge in [0, 0.05) is 38.3 Å². The molecule has 33 heavy (non-hydrogen) atoms. The minimum atomic E-state index is 0. The van der Waals surface area contributed by atoms with Crippen molar-refractivity contribution in [3.63, 3.8) is 0 Å². The second-order valence-electron chi connectivity index (χ2n) is 8.30. The zero-order valence-corrected chi connectivity index (χ0v) is 22.7. The van der Waals surface area contributed by atoms with E-state index in [-0.39, 0.29) is 30.0 Å². The van der Waals surface area contributed by atoms with Crippen LogP contribution in [0, 0.1) is 0 Å². The fraction of sp³-hybridized carbons (Fsp3) is 0.542. The molecule has 3 rings (SSSR count).